The minimum Gasteiger partial charge on any atom is -0.482 e. The zero-order valence-electron chi connectivity index (χ0n) is 19.2. The Hall–Kier alpha value is -3.50. The second kappa shape index (κ2) is 10.8. The number of hydrogen-bond acceptors (Lipinski definition) is 8. The summed E-state index contributed by atoms with van der Waals surface area (Å²) in [6, 6.07) is 10.0. The van der Waals surface area contributed by atoms with Crippen LogP contribution < -0.4 is 19.6 Å². The van der Waals surface area contributed by atoms with Crippen molar-refractivity contribution in [1.29, 1.82) is 0 Å². The number of ether oxygens (including phenoxy) is 2. The lowest BCUT2D eigenvalue weighted by atomic mass is 9.99. The second-order valence-electron chi connectivity index (χ2n) is 7.68. The highest BCUT2D eigenvalue weighted by molar-refractivity contribution is 7.10. The molecule has 0 spiro atoms. The Kier molecular flexibility index (Phi) is 7.62. The number of carboxylic acid groups (broad SMARTS) is 1. The van der Waals surface area contributed by atoms with Gasteiger partial charge in [-0.25, -0.2) is 14.6 Å². The quantitative estimate of drug-likeness (QED) is 0.442. The summed E-state index contributed by atoms with van der Waals surface area (Å²) in [5.41, 5.74) is 1.46. The number of rotatable bonds is 9. The van der Waals surface area contributed by atoms with E-state index in [4.69, 9.17) is 19.6 Å². The van der Waals surface area contributed by atoms with E-state index >= 15 is 0 Å². The number of allylic oxidation sites excluding steroid dienone is 1. The predicted octanol–water partition coefficient (Wildman–Crippen LogP) is 3.10. The van der Waals surface area contributed by atoms with E-state index in [0.29, 0.717) is 38.3 Å². The average molecular weight is 513 g/mol. The van der Waals surface area contributed by atoms with Gasteiger partial charge >= 0.3 is 11.9 Å². The van der Waals surface area contributed by atoms with Crippen LogP contribution in [0.25, 0.3) is 6.08 Å². The van der Waals surface area contributed by atoms with E-state index in [0.717, 1.165) is 11.3 Å². The monoisotopic (exact) mass is 512 g/mol. The average Bonchev–Trinajstić information content (AvgIpc) is 3.46. The summed E-state index contributed by atoms with van der Waals surface area (Å²) in [6.45, 7) is 3.54. The van der Waals surface area contributed by atoms with Gasteiger partial charge in [-0.15, -0.1) is 11.3 Å². The van der Waals surface area contributed by atoms with E-state index in [-0.39, 0.29) is 12.2 Å². The molecular weight excluding hydrogens is 488 g/mol. The minimum absolute atomic E-state index is 0.226. The number of carbonyl (C=O) groups excluding carboxylic acids is 1. The lowest BCUT2D eigenvalue weighted by Gasteiger charge is -2.24. The van der Waals surface area contributed by atoms with Gasteiger partial charge < -0.3 is 14.6 Å². The van der Waals surface area contributed by atoms with Crippen LogP contribution in [0.4, 0.5) is 0 Å². The number of thiophene rings is 1. The molecular formula is C25H24N2O6S2. The molecule has 0 saturated carbocycles. The van der Waals surface area contributed by atoms with Gasteiger partial charge in [0.15, 0.2) is 11.4 Å². The summed E-state index contributed by atoms with van der Waals surface area (Å²) in [6.07, 6.45) is 3.09. The van der Waals surface area contributed by atoms with E-state index < -0.39 is 24.6 Å². The number of benzene rings is 1. The van der Waals surface area contributed by atoms with Crippen LogP contribution in [-0.4, -0.2) is 34.8 Å². The number of aliphatic carboxylic acids is 1. The summed E-state index contributed by atoms with van der Waals surface area (Å²) >= 11 is 2.72. The Balaban J connectivity index is 1.86. The van der Waals surface area contributed by atoms with Crippen LogP contribution in [0, 0.1) is 0 Å². The van der Waals surface area contributed by atoms with Crippen LogP contribution in [0.15, 0.2) is 62.8 Å². The molecule has 0 amide bonds. The lowest BCUT2D eigenvalue weighted by Crippen LogP contribution is -2.39. The van der Waals surface area contributed by atoms with Crippen molar-refractivity contribution in [1.82, 2.24) is 4.57 Å². The molecule has 0 unspecified atom stereocenters. The molecule has 35 heavy (non-hydrogen) atoms. The van der Waals surface area contributed by atoms with Crippen molar-refractivity contribution in [2.45, 2.75) is 32.7 Å². The van der Waals surface area contributed by atoms with Crippen molar-refractivity contribution in [2.24, 2.45) is 4.99 Å². The van der Waals surface area contributed by atoms with Crippen LogP contribution >= 0.6 is 22.7 Å². The van der Waals surface area contributed by atoms with Gasteiger partial charge in [0.05, 0.1) is 22.4 Å². The normalized spacial score (nSPS) is 15.5. The standard InChI is InChI=1S/C25H24N2O6S2/c1-3-7-17-21(24(31)32-4-2)22(18-10-6-11-34-18)27-23(30)19(35-25(27)26-17)13-15-8-5-9-16(12-15)33-14-20(28)29/h5-6,8-13,22H,3-4,7,14H2,1-2H3,(H,28,29)/b19-13-/t22-/m0/s1. The molecule has 1 atom stereocenters. The smallest absolute Gasteiger partial charge is 0.341 e. The Morgan fingerprint density at radius 2 is 2.06 bits per heavy atom. The van der Waals surface area contributed by atoms with Crippen molar-refractivity contribution >= 4 is 40.7 Å². The van der Waals surface area contributed by atoms with Crippen LogP contribution in [-0.2, 0) is 14.3 Å². The van der Waals surface area contributed by atoms with Gasteiger partial charge in [0.2, 0.25) is 0 Å². The number of carbonyl (C=O) groups is 2. The van der Waals surface area contributed by atoms with Gasteiger partial charge in [-0.1, -0.05) is 42.9 Å². The Labute approximate surface area is 209 Å². The van der Waals surface area contributed by atoms with Crippen molar-refractivity contribution in [3.63, 3.8) is 0 Å². The molecule has 0 saturated heterocycles. The SMILES string of the molecule is CCCC1=C(C(=O)OCC)[C@H](c2cccs2)n2c(s/c(=C\c3cccc(OCC(=O)O)c3)c2=O)=N1. The molecule has 2 aromatic heterocycles. The fourth-order valence-corrected chi connectivity index (χ4v) is 5.67. The van der Waals surface area contributed by atoms with Gasteiger partial charge in [0.25, 0.3) is 5.56 Å². The highest BCUT2D eigenvalue weighted by Gasteiger charge is 2.34. The fourth-order valence-electron chi connectivity index (χ4n) is 3.83. The Morgan fingerprint density at radius 1 is 1.23 bits per heavy atom. The third kappa shape index (κ3) is 5.28. The highest BCUT2D eigenvalue weighted by atomic mass is 32.1. The number of carboxylic acids is 1. The number of fused-ring (bicyclic) bond motifs is 1. The maximum atomic E-state index is 13.6. The number of esters is 1. The van der Waals surface area contributed by atoms with Crippen molar-refractivity contribution < 1.29 is 24.2 Å². The molecule has 0 aliphatic carbocycles. The molecule has 10 heteroatoms. The molecule has 1 N–H and O–H groups in total. The molecule has 1 aliphatic heterocycles. The van der Waals surface area contributed by atoms with Gasteiger partial charge in [-0.2, -0.15) is 0 Å². The van der Waals surface area contributed by atoms with Crippen LogP contribution in [0.3, 0.4) is 0 Å². The second-order valence-corrected chi connectivity index (χ2v) is 9.67. The number of aromatic nitrogens is 1. The fraction of sp³-hybridized carbons (Fsp3) is 0.280. The first-order valence-corrected chi connectivity index (χ1v) is 12.8. The zero-order valence-corrected chi connectivity index (χ0v) is 20.9. The predicted molar refractivity (Wildman–Crippen MR) is 134 cm³/mol. The summed E-state index contributed by atoms with van der Waals surface area (Å²) < 4.78 is 12.6. The summed E-state index contributed by atoms with van der Waals surface area (Å²) in [4.78, 5) is 43.6. The third-order valence-corrected chi connectivity index (χ3v) is 7.13. The van der Waals surface area contributed by atoms with Crippen molar-refractivity contribution in [3.05, 3.63) is 83.2 Å². The zero-order chi connectivity index (χ0) is 24.9. The molecule has 1 aliphatic rings. The molecule has 182 valence electrons. The summed E-state index contributed by atoms with van der Waals surface area (Å²) in [5.74, 6) is -1.14. The molecule has 3 aromatic rings. The number of hydrogen-bond donors (Lipinski definition) is 1. The van der Waals surface area contributed by atoms with Crippen LogP contribution in [0.5, 0.6) is 5.75 Å². The van der Waals surface area contributed by atoms with Gasteiger partial charge in [0.1, 0.15) is 11.8 Å². The van der Waals surface area contributed by atoms with E-state index in [1.165, 1.54) is 22.7 Å². The van der Waals surface area contributed by atoms with E-state index in [2.05, 4.69) is 0 Å². The van der Waals surface area contributed by atoms with Crippen LogP contribution in [0.1, 0.15) is 43.2 Å². The summed E-state index contributed by atoms with van der Waals surface area (Å²) in [7, 11) is 0. The van der Waals surface area contributed by atoms with Gasteiger partial charge in [-0.3, -0.25) is 9.36 Å². The van der Waals surface area contributed by atoms with E-state index in [1.807, 2.05) is 24.4 Å². The molecule has 1 aromatic carbocycles. The van der Waals surface area contributed by atoms with Crippen LogP contribution in [0.2, 0.25) is 0 Å². The molecule has 0 bridgehead atoms. The van der Waals surface area contributed by atoms with E-state index in [1.54, 1.807) is 41.8 Å². The van der Waals surface area contributed by atoms with Gasteiger partial charge in [-0.05, 0) is 48.6 Å². The van der Waals surface area contributed by atoms with E-state index in [9.17, 15) is 14.4 Å². The molecule has 4 rings (SSSR count). The van der Waals surface area contributed by atoms with Gasteiger partial charge in [0, 0.05) is 4.88 Å². The highest BCUT2D eigenvalue weighted by Crippen LogP contribution is 2.34. The maximum absolute atomic E-state index is 13.6. The summed E-state index contributed by atoms with van der Waals surface area (Å²) in [5, 5.41) is 10.8. The molecule has 3 heterocycles. The molecule has 0 radical (unpaired) electrons. The topological polar surface area (TPSA) is 107 Å². The largest absolute Gasteiger partial charge is 0.482 e. The molecule has 8 nitrogen and oxygen atoms in total. The first-order chi connectivity index (χ1) is 16.9. The molecule has 0 fully saturated rings. The minimum atomic E-state index is -1.07. The van der Waals surface area contributed by atoms with Crippen molar-refractivity contribution in [3.8, 4) is 5.75 Å². The first-order valence-electron chi connectivity index (χ1n) is 11.1. The first kappa shape index (κ1) is 24.6. The number of thiazole rings is 1. The Morgan fingerprint density at radius 3 is 2.74 bits per heavy atom. The number of nitrogens with zero attached hydrogens (tertiary/aromatic N) is 2. The maximum Gasteiger partial charge on any atom is 0.341 e. The Bertz CT molecular complexity index is 1450. The van der Waals surface area contributed by atoms with Crippen molar-refractivity contribution in [2.75, 3.05) is 13.2 Å². The third-order valence-electron chi connectivity index (χ3n) is 5.22. The lowest BCUT2D eigenvalue weighted by molar-refractivity contribution is -0.140.